The Labute approximate surface area is 141 Å². The summed E-state index contributed by atoms with van der Waals surface area (Å²) in [4.78, 5) is 23.0. The van der Waals surface area contributed by atoms with Crippen molar-refractivity contribution in [1.29, 1.82) is 0 Å². The zero-order valence-electron chi connectivity index (χ0n) is 15.3. The van der Waals surface area contributed by atoms with Gasteiger partial charge < -0.3 is 14.2 Å². The fourth-order valence-electron chi connectivity index (χ4n) is 2.28. The van der Waals surface area contributed by atoms with E-state index in [0.717, 1.165) is 38.5 Å². The third-order valence-corrected chi connectivity index (χ3v) is 3.69. The van der Waals surface area contributed by atoms with Crippen molar-refractivity contribution in [2.24, 2.45) is 0 Å². The molecule has 0 heterocycles. The van der Waals surface area contributed by atoms with Crippen molar-refractivity contribution in [3.63, 3.8) is 0 Å². The van der Waals surface area contributed by atoms with Gasteiger partial charge in [-0.1, -0.05) is 52.4 Å². The number of rotatable bonds is 12. The normalized spacial score (nSPS) is 13.2. The fraction of sp³-hybridized carbons (Fsp3) is 0.889. The van der Waals surface area contributed by atoms with Gasteiger partial charge in [0, 0.05) is 0 Å². The first-order valence-corrected chi connectivity index (χ1v) is 9.08. The molecule has 2 atom stereocenters. The van der Waals surface area contributed by atoms with Gasteiger partial charge in [0.25, 0.3) is 0 Å². The standard InChI is InChI=1S/C18H34O5/c1-5-7-9-11-13-15(3)21-17(19)23-18(20)22-16(4)14-12-10-8-6-2/h15-16H,5-14H2,1-4H3. The molecule has 0 saturated heterocycles. The predicted octanol–water partition coefficient (Wildman–Crippen LogP) is 5.99. The van der Waals surface area contributed by atoms with E-state index in [-0.39, 0.29) is 12.2 Å². The second-order valence-corrected chi connectivity index (χ2v) is 6.16. The van der Waals surface area contributed by atoms with E-state index >= 15 is 0 Å². The molecule has 0 aromatic heterocycles. The summed E-state index contributed by atoms with van der Waals surface area (Å²) in [5.41, 5.74) is 0. The molecule has 5 nitrogen and oxygen atoms in total. The van der Waals surface area contributed by atoms with Crippen LogP contribution in [0.4, 0.5) is 9.59 Å². The molecular formula is C18H34O5. The van der Waals surface area contributed by atoms with Gasteiger partial charge >= 0.3 is 12.3 Å². The first kappa shape index (κ1) is 21.7. The van der Waals surface area contributed by atoms with Gasteiger partial charge in [-0.2, -0.15) is 0 Å². The van der Waals surface area contributed by atoms with E-state index in [0.29, 0.717) is 0 Å². The van der Waals surface area contributed by atoms with Crippen molar-refractivity contribution >= 4 is 12.3 Å². The van der Waals surface area contributed by atoms with Crippen LogP contribution in [0, 0.1) is 0 Å². The summed E-state index contributed by atoms with van der Waals surface area (Å²) in [5, 5.41) is 0. The van der Waals surface area contributed by atoms with Crippen LogP contribution in [0.1, 0.15) is 91.9 Å². The predicted molar refractivity (Wildman–Crippen MR) is 90.5 cm³/mol. The highest BCUT2D eigenvalue weighted by molar-refractivity contribution is 5.77. The molecule has 0 rings (SSSR count). The molecule has 23 heavy (non-hydrogen) atoms. The summed E-state index contributed by atoms with van der Waals surface area (Å²) in [6.07, 6.45) is 8.04. The van der Waals surface area contributed by atoms with Gasteiger partial charge in [-0.25, -0.2) is 9.59 Å². The smallest absolute Gasteiger partial charge is 0.431 e. The highest BCUT2D eigenvalue weighted by Crippen LogP contribution is 2.11. The Balaban J connectivity index is 3.76. The lowest BCUT2D eigenvalue weighted by Gasteiger charge is -2.14. The van der Waals surface area contributed by atoms with Gasteiger partial charge in [-0.05, 0) is 39.5 Å². The third kappa shape index (κ3) is 14.1. The third-order valence-electron chi connectivity index (χ3n) is 3.69. The zero-order chi connectivity index (χ0) is 17.5. The Kier molecular flexibility index (Phi) is 13.6. The topological polar surface area (TPSA) is 61.8 Å². The molecule has 0 aromatic rings. The lowest BCUT2D eigenvalue weighted by molar-refractivity contribution is 0.00474. The molecule has 0 N–H and O–H groups in total. The highest BCUT2D eigenvalue weighted by Gasteiger charge is 2.18. The quantitative estimate of drug-likeness (QED) is 0.250. The molecule has 0 spiro atoms. The van der Waals surface area contributed by atoms with Crippen LogP contribution in [0.3, 0.4) is 0 Å². The van der Waals surface area contributed by atoms with Gasteiger partial charge in [-0.15, -0.1) is 0 Å². The fourth-order valence-corrected chi connectivity index (χ4v) is 2.28. The Bertz CT molecular complexity index is 287. The van der Waals surface area contributed by atoms with Gasteiger partial charge in [0.05, 0.1) is 0 Å². The van der Waals surface area contributed by atoms with Gasteiger partial charge in [0.2, 0.25) is 0 Å². The zero-order valence-corrected chi connectivity index (χ0v) is 15.3. The van der Waals surface area contributed by atoms with Crippen LogP contribution >= 0.6 is 0 Å². The van der Waals surface area contributed by atoms with Crippen LogP contribution in [-0.2, 0) is 14.2 Å². The van der Waals surface area contributed by atoms with E-state index in [2.05, 4.69) is 18.6 Å². The summed E-state index contributed by atoms with van der Waals surface area (Å²) in [6.45, 7) is 7.89. The summed E-state index contributed by atoms with van der Waals surface area (Å²) < 4.78 is 14.6. The molecule has 0 fully saturated rings. The van der Waals surface area contributed by atoms with Crippen LogP contribution in [0.5, 0.6) is 0 Å². The van der Waals surface area contributed by atoms with Crippen LogP contribution in [0.15, 0.2) is 0 Å². The first-order valence-electron chi connectivity index (χ1n) is 9.08. The second kappa shape index (κ2) is 14.3. The summed E-state index contributed by atoms with van der Waals surface area (Å²) >= 11 is 0. The molecule has 0 amide bonds. The number of ether oxygens (including phenoxy) is 3. The number of carbonyl (C=O) groups excluding carboxylic acids is 2. The Morgan fingerprint density at radius 1 is 0.696 bits per heavy atom. The van der Waals surface area contributed by atoms with Crippen LogP contribution < -0.4 is 0 Å². The maximum atomic E-state index is 11.5. The molecular weight excluding hydrogens is 296 g/mol. The SMILES string of the molecule is CCCCCCC(C)OC(=O)OC(=O)OC(C)CCCCCC. The van der Waals surface area contributed by atoms with E-state index < -0.39 is 12.3 Å². The Hall–Kier alpha value is -1.26. The molecule has 0 saturated carbocycles. The summed E-state index contributed by atoms with van der Waals surface area (Å²) in [6, 6.07) is 0. The van der Waals surface area contributed by atoms with Gasteiger partial charge in [0.15, 0.2) is 0 Å². The minimum absolute atomic E-state index is 0.251. The van der Waals surface area contributed by atoms with Crippen molar-refractivity contribution in [2.45, 2.75) is 104 Å². The first-order chi connectivity index (χ1) is 11.0. The lowest BCUT2D eigenvalue weighted by atomic mass is 10.1. The van der Waals surface area contributed by atoms with Crippen molar-refractivity contribution in [2.75, 3.05) is 0 Å². The minimum atomic E-state index is -0.976. The van der Waals surface area contributed by atoms with Gasteiger partial charge in [0.1, 0.15) is 12.2 Å². The molecule has 0 radical (unpaired) electrons. The van der Waals surface area contributed by atoms with Crippen molar-refractivity contribution < 1.29 is 23.8 Å². The molecule has 0 aliphatic carbocycles. The van der Waals surface area contributed by atoms with Crippen molar-refractivity contribution in [3.8, 4) is 0 Å². The van der Waals surface area contributed by atoms with Crippen molar-refractivity contribution in [3.05, 3.63) is 0 Å². The molecule has 0 aliphatic heterocycles. The monoisotopic (exact) mass is 330 g/mol. The average molecular weight is 330 g/mol. The summed E-state index contributed by atoms with van der Waals surface area (Å²) in [7, 11) is 0. The van der Waals surface area contributed by atoms with E-state index in [1.165, 1.54) is 25.7 Å². The van der Waals surface area contributed by atoms with E-state index in [9.17, 15) is 9.59 Å². The van der Waals surface area contributed by atoms with Gasteiger partial charge in [-0.3, -0.25) is 0 Å². The Morgan fingerprint density at radius 3 is 1.43 bits per heavy atom. The number of hydrogen-bond donors (Lipinski definition) is 0. The van der Waals surface area contributed by atoms with Crippen LogP contribution in [0.2, 0.25) is 0 Å². The van der Waals surface area contributed by atoms with E-state index in [1.807, 2.05) is 0 Å². The highest BCUT2D eigenvalue weighted by atomic mass is 16.8. The average Bonchev–Trinajstić information content (AvgIpc) is 2.47. The molecule has 2 unspecified atom stereocenters. The number of hydrogen-bond acceptors (Lipinski definition) is 5. The molecule has 5 heteroatoms. The Morgan fingerprint density at radius 2 is 1.09 bits per heavy atom. The molecule has 0 aromatic carbocycles. The van der Waals surface area contributed by atoms with Crippen molar-refractivity contribution in [1.82, 2.24) is 0 Å². The van der Waals surface area contributed by atoms with Crippen LogP contribution in [-0.4, -0.2) is 24.5 Å². The number of unbranched alkanes of at least 4 members (excludes halogenated alkanes) is 6. The maximum absolute atomic E-state index is 11.5. The molecule has 0 bridgehead atoms. The molecule has 136 valence electrons. The maximum Gasteiger partial charge on any atom is 0.518 e. The van der Waals surface area contributed by atoms with E-state index in [4.69, 9.17) is 9.47 Å². The second-order valence-electron chi connectivity index (χ2n) is 6.16. The number of carbonyl (C=O) groups is 2. The minimum Gasteiger partial charge on any atom is -0.431 e. The van der Waals surface area contributed by atoms with Crippen LogP contribution in [0.25, 0.3) is 0 Å². The summed E-state index contributed by atoms with van der Waals surface area (Å²) in [5.74, 6) is 0. The largest absolute Gasteiger partial charge is 0.518 e. The van der Waals surface area contributed by atoms with E-state index in [1.54, 1.807) is 13.8 Å². The molecule has 0 aliphatic rings. The lowest BCUT2D eigenvalue weighted by Crippen LogP contribution is -2.22.